The van der Waals surface area contributed by atoms with E-state index in [4.69, 9.17) is 10.5 Å². The van der Waals surface area contributed by atoms with Gasteiger partial charge in [-0.2, -0.15) is 15.6 Å². The van der Waals surface area contributed by atoms with Crippen molar-refractivity contribution in [2.24, 2.45) is 0 Å². The number of nitrogens with zero attached hydrogens (tertiary/aromatic N) is 4. The van der Waals surface area contributed by atoms with E-state index in [-0.39, 0.29) is 12.6 Å². The zero-order valence-corrected chi connectivity index (χ0v) is 7.94. The minimum Gasteiger partial charge on any atom is -0.379 e. The van der Waals surface area contributed by atoms with Gasteiger partial charge in [0.1, 0.15) is 6.54 Å². The van der Waals surface area contributed by atoms with Crippen LogP contribution in [0.3, 0.4) is 0 Å². The number of aromatic nitrogens is 2. The normalized spacial score (nSPS) is 11.4. The van der Waals surface area contributed by atoms with Gasteiger partial charge >= 0.3 is 0 Å². The van der Waals surface area contributed by atoms with E-state index >= 15 is 0 Å². The Morgan fingerprint density at radius 1 is 1.57 bits per heavy atom. The van der Waals surface area contributed by atoms with Crippen LogP contribution in [0.4, 0.5) is 5.69 Å². The molecule has 72 valence electrons. The first-order valence-corrected chi connectivity index (χ1v) is 4.29. The van der Waals surface area contributed by atoms with Gasteiger partial charge in [-0.15, -0.1) is 0 Å². The van der Waals surface area contributed by atoms with Gasteiger partial charge in [0, 0.05) is 12.2 Å². The van der Waals surface area contributed by atoms with Crippen LogP contribution >= 0.6 is 0 Å². The number of anilines is 1. The molecule has 1 N–H and O–H groups in total. The lowest BCUT2D eigenvalue weighted by molar-refractivity contribution is 0.709. The smallest absolute Gasteiger partial charge is 0.128 e. The molecule has 14 heavy (non-hydrogen) atoms. The molecule has 0 radical (unpaired) electrons. The Morgan fingerprint density at radius 3 is 3.00 bits per heavy atom. The van der Waals surface area contributed by atoms with E-state index in [1.165, 1.54) is 0 Å². The van der Waals surface area contributed by atoms with Crippen molar-refractivity contribution in [3.05, 3.63) is 12.4 Å². The molecule has 0 saturated heterocycles. The Labute approximate surface area is 82.6 Å². The molecule has 0 amide bonds. The summed E-state index contributed by atoms with van der Waals surface area (Å²) in [6, 6.07) is 4.17. The van der Waals surface area contributed by atoms with Gasteiger partial charge in [0.25, 0.3) is 0 Å². The SMILES string of the molecule is CC(CC#N)Nc1cnn(CC#N)c1. The summed E-state index contributed by atoms with van der Waals surface area (Å²) in [6.45, 7) is 2.17. The Kier molecular flexibility index (Phi) is 3.51. The monoisotopic (exact) mass is 189 g/mol. The van der Waals surface area contributed by atoms with Gasteiger partial charge in [0.2, 0.25) is 0 Å². The van der Waals surface area contributed by atoms with E-state index in [1.807, 2.05) is 13.0 Å². The lowest BCUT2D eigenvalue weighted by atomic mass is 10.2. The van der Waals surface area contributed by atoms with Gasteiger partial charge in [-0.1, -0.05) is 0 Å². The molecule has 0 saturated carbocycles. The van der Waals surface area contributed by atoms with Crippen molar-refractivity contribution >= 4 is 5.69 Å². The van der Waals surface area contributed by atoms with Gasteiger partial charge in [-0.3, -0.25) is 4.68 Å². The summed E-state index contributed by atoms with van der Waals surface area (Å²) < 4.78 is 1.54. The fourth-order valence-electron chi connectivity index (χ4n) is 1.07. The summed E-state index contributed by atoms with van der Waals surface area (Å²) in [5.41, 5.74) is 0.836. The number of rotatable bonds is 4. The fraction of sp³-hybridized carbons (Fsp3) is 0.444. The molecular formula is C9H11N5. The first-order valence-electron chi connectivity index (χ1n) is 4.29. The van der Waals surface area contributed by atoms with Gasteiger partial charge in [-0.25, -0.2) is 0 Å². The van der Waals surface area contributed by atoms with Crippen LogP contribution in [0.1, 0.15) is 13.3 Å². The maximum Gasteiger partial charge on any atom is 0.128 e. The summed E-state index contributed by atoms with van der Waals surface area (Å²) in [5.74, 6) is 0. The fourth-order valence-corrected chi connectivity index (χ4v) is 1.07. The molecule has 1 atom stereocenters. The molecule has 5 heteroatoms. The first-order chi connectivity index (χ1) is 6.76. The average molecular weight is 189 g/mol. The highest BCUT2D eigenvalue weighted by Crippen LogP contribution is 2.07. The van der Waals surface area contributed by atoms with Crippen LogP contribution < -0.4 is 5.32 Å². The quantitative estimate of drug-likeness (QED) is 0.769. The predicted octanol–water partition coefficient (Wildman–Crippen LogP) is 1.12. The molecule has 1 rings (SSSR count). The second kappa shape index (κ2) is 4.88. The van der Waals surface area contributed by atoms with Crippen molar-refractivity contribution in [3.63, 3.8) is 0 Å². The Balaban J connectivity index is 2.52. The number of hydrogen-bond donors (Lipinski definition) is 1. The lowest BCUT2D eigenvalue weighted by Gasteiger charge is -2.08. The van der Waals surface area contributed by atoms with Crippen molar-refractivity contribution < 1.29 is 0 Å². The van der Waals surface area contributed by atoms with Crippen LogP contribution in [-0.2, 0) is 6.54 Å². The lowest BCUT2D eigenvalue weighted by Crippen LogP contribution is -2.13. The maximum atomic E-state index is 8.45. The Morgan fingerprint density at radius 2 is 2.36 bits per heavy atom. The zero-order valence-electron chi connectivity index (χ0n) is 7.94. The third kappa shape index (κ3) is 2.80. The molecule has 0 bridgehead atoms. The summed E-state index contributed by atoms with van der Waals surface area (Å²) >= 11 is 0. The predicted molar refractivity (Wildman–Crippen MR) is 51.2 cm³/mol. The van der Waals surface area contributed by atoms with E-state index in [2.05, 4.69) is 16.5 Å². The molecule has 1 aromatic heterocycles. The second-order valence-corrected chi connectivity index (χ2v) is 2.99. The van der Waals surface area contributed by atoms with E-state index < -0.39 is 0 Å². The molecule has 5 nitrogen and oxygen atoms in total. The summed E-state index contributed by atoms with van der Waals surface area (Å²) in [5, 5.41) is 23.9. The van der Waals surface area contributed by atoms with Crippen LogP contribution in [0.15, 0.2) is 12.4 Å². The molecule has 0 aliphatic heterocycles. The molecule has 1 unspecified atom stereocenters. The summed E-state index contributed by atoms with van der Waals surface area (Å²) in [6.07, 6.45) is 3.84. The van der Waals surface area contributed by atoms with Crippen LogP contribution in [0.2, 0.25) is 0 Å². The minimum atomic E-state index is 0.0970. The minimum absolute atomic E-state index is 0.0970. The van der Waals surface area contributed by atoms with Gasteiger partial charge in [0.05, 0.1) is 30.4 Å². The van der Waals surface area contributed by atoms with Crippen LogP contribution in [0, 0.1) is 22.7 Å². The zero-order chi connectivity index (χ0) is 10.4. The third-order valence-electron chi connectivity index (χ3n) is 1.68. The van der Waals surface area contributed by atoms with Crippen molar-refractivity contribution in [3.8, 4) is 12.1 Å². The Hall–Kier alpha value is -2.01. The molecule has 0 fully saturated rings. The van der Waals surface area contributed by atoms with E-state index in [9.17, 15) is 0 Å². The van der Waals surface area contributed by atoms with Gasteiger partial charge in [-0.05, 0) is 6.92 Å². The largest absolute Gasteiger partial charge is 0.379 e. The molecule has 1 heterocycles. The van der Waals surface area contributed by atoms with Gasteiger partial charge < -0.3 is 5.32 Å². The van der Waals surface area contributed by atoms with Gasteiger partial charge in [0.15, 0.2) is 0 Å². The van der Waals surface area contributed by atoms with E-state index in [0.29, 0.717) is 6.42 Å². The molecule has 0 aliphatic rings. The van der Waals surface area contributed by atoms with E-state index in [1.54, 1.807) is 17.1 Å². The molecule has 0 aromatic carbocycles. The third-order valence-corrected chi connectivity index (χ3v) is 1.68. The summed E-state index contributed by atoms with van der Waals surface area (Å²) in [4.78, 5) is 0. The van der Waals surface area contributed by atoms with Crippen LogP contribution in [0.25, 0.3) is 0 Å². The van der Waals surface area contributed by atoms with Crippen molar-refractivity contribution in [2.75, 3.05) is 5.32 Å². The standard InChI is InChI=1S/C9H11N5/c1-8(2-3-10)13-9-6-12-14(7-9)5-4-11/h6-8,13H,2,5H2,1H3. The number of nitrogens with one attached hydrogen (secondary N) is 1. The van der Waals surface area contributed by atoms with Crippen molar-refractivity contribution in [1.82, 2.24) is 9.78 Å². The van der Waals surface area contributed by atoms with Crippen molar-refractivity contribution in [2.45, 2.75) is 25.9 Å². The molecule has 0 aliphatic carbocycles. The van der Waals surface area contributed by atoms with Crippen molar-refractivity contribution in [1.29, 1.82) is 10.5 Å². The highest BCUT2D eigenvalue weighted by Gasteiger charge is 2.02. The number of nitriles is 2. The maximum absolute atomic E-state index is 8.45. The summed E-state index contributed by atoms with van der Waals surface area (Å²) in [7, 11) is 0. The van der Waals surface area contributed by atoms with Crippen LogP contribution in [0.5, 0.6) is 0 Å². The molecule has 0 spiro atoms. The average Bonchev–Trinajstić information content (AvgIpc) is 2.53. The number of hydrogen-bond acceptors (Lipinski definition) is 4. The molecule has 1 aromatic rings. The van der Waals surface area contributed by atoms with Crippen LogP contribution in [-0.4, -0.2) is 15.8 Å². The molecular weight excluding hydrogens is 178 g/mol. The highest BCUT2D eigenvalue weighted by atomic mass is 15.3. The second-order valence-electron chi connectivity index (χ2n) is 2.99. The topological polar surface area (TPSA) is 77.4 Å². The Bertz CT molecular complexity index is 367. The van der Waals surface area contributed by atoms with E-state index in [0.717, 1.165) is 5.69 Å². The first kappa shape index (κ1) is 10.1. The highest BCUT2D eigenvalue weighted by molar-refractivity contribution is 5.39.